The first-order valence-corrected chi connectivity index (χ1v) is 8.06. The summed E-state index contributed by atoms with van der Waals surface area (Å²) in [5.74, 6) is 2.85. The molecule has 0 aromatic heterocycles. The summed E-state index contributed by atoms with van der Waals surface area (Å²) in [7, 11) is 3.30. The molecule has 0 bridgehead atoms. The number of hydrogen-bond acceptors (Lipinski definition) is 6. The van der Waals surface area contributed by atoms with E-state index in [1.807, 2.05) is 25.1 Å². The minimum Gasteiger partial charge on any atom is -0.493 e. The minimum absolute atomic E-state index is 0.229. The molecule has 0 fully saturated rings. The molecule has 0 spiro atoms. The second-order valence-corrected chi connectivity index (χ2v) is 6.00. The van der Waals surface area contributed by atoms with Gasteiger partial charge in [0.2, 0.25) is 0 Å². The number of ether oxygens (including phenoxy) is 2. The van der Waals surface area contributed by atoms with E-state index in [9.17, 15) is 0 Å². The van der Waals surface area contributed by atoms with Gasteiger partial charge in [-0.25, -0.2) is 4.99 Å². The van der Waals surface area contributed by atoms with Crippen molar-refractivity contribution in [2.45, 2.75) is 25.8 Å². The molecule has 0 atom stereocenters. The van der Waals surface area contributed by atoms with Gasteiger partial charge in [-0.3, -0.25) is 0 Å². The van der Waals surface area contributed by atoms with Crippen molar-refractivity contribution in [3.63, 3.8) is 0 Å². The predicted octanol–water partition coefficient (Wildman–Crippen LogP) is 1.75. The summed E-state index contributed by atoms with van der Waals surface area (Å²) in [5.41, 5.74) is 8.83. The summed E-state index contributed by atoms with van der Waals surface area (Å²) in [5, 5.41) is 9.27. The van der Waals surface area contributed by atoms with Crippen LogP contribution in [-0.4, -0.2) is 37.3 Å². The van der Waals surface area contributed by atoms with Gasteiger partial charge in [0, 0.05) is 17.8 Å². The molecule has 2 aliphatic rings. The van der Waals surface area contributed by atoms with Crippen molar-refractivity contribution in [2.75, 3.05) is 14.2 Å². The molecule has 0 saturated heterocycles. The zero-order valence-electron chi connectivity index (χ0n) is 14.7. The highest BCUT2D eigenvalue weighted by Gasteiger charge is 2.27. The zero-order valence-corrected chi connectivity index (χ0v) is 14.7. The van der Waals surface area contributed by atoms with Gasteiger partial charge in [0.05, 0.1) is 14.2 Å². The summed E-state index contributed by atoms with van der Waals surface area (Å²) in [6, 6.07) is 4.33. The van der Waals surface area contributed by atoms with Crippen LogP contribution in [0.4, 0.5) is 0 Å². The Morgan fingerprint density at radius 1 is 1.28 bits per heavy atom. The van der Waals surface area contributed by atoms with Crippen LogP contribution in [0.3, 0.4) is 0 Å². The lowest BCUT2D eigenvalue weighted by Gasteiger charge is -2.28. The molecule has 3 rings (SSSR count). The highest BCUT2D eigenvalue weighted by molar-refractivity contribution is 5.94. The van der Waals surface area contributed by atoms with E-state index in [0.29, 0.717) is 5.82 Å². The molecule has 0 amide bonds. The van der Waals surface area contributed by atoms with Gasteiger partial charge in [-0.15, -0.1) is 0 Å². The molecular weight excluding hydrogens is 318 g/mol. The number of aliphatic imine (C=N–C) groups is 1. The molecule has 0 unspecified atom stereocenters. The van der Waals surface area contributed by atoms with E-state index < -0.39 is 0 Å². The third-order valence-corrected chi connectivity index (χ3v) is 4.30. The van der Waals surface area contributed by atoms with Gasteiger partial charge < -0.3 is 20.5 Å². The fourth-order valence-electron chi connectivity index (χ4n) is 3.24. The first kappa shape index (κ1) is 16.9. The number of rotatable bonds is 5. The number of nitrogens with zero attached hydrogens (tertiary/aromatic N) is 3. The molecular formula is C18H23N5O2. The van der Waals surface area contributed by atoms with Crippen molar-refractivity contribution >= 4 is 12.1 Å². The van der Waals surface area contributed by atoms with Crippen molar-refractivity contribution in [3.8, 4) is 11.5 Å². The Balaban J connectivity index is 1.80. The van der Waals surface area contributed by atoms with Crippen molar-refractivity contribution < 1.29 is 9.47 Å². The van der Waals surface area contributed by atoms with E-state index in [1.165, 1.54) is 17.5 Å². The van der Waals surface area contributed by atoms with Crippen LogP contribution >= 0.6 is 0 Å². The van der Waals surface area contributed by atoms with Crippen molar-refractivity contribution in [2.24, 2.45) is 15.8 Å². The summed E-state index contributed by atoms with van der Waals surface area (Å²) in [6.45, 7) is 5.86. The van der Waals surface area contributed by atoms with Crippen molar-refractivity contribution in [3.05, 3.63) is 47.6 Å². The van der Waals surface area contributed by atoms with Gasteiger partial charge in [0.25, 0.3) is 0 Å². The van der Waals surface area contributed by atoms with E-state index in [0.717, 1.165) is 35.9 Å². The Labute approximate surface area is 147 Å². The lowest BCUT2D eigenvalue weighted by molar-refractivity contribution is 0.354. The maximum absolute atomic E-state index is 5.45. The molecule has 7 heteroatoms. The van der Waals surface area contributed by atoms with Crippen LogP contribution in [-0.2, 0) is 12.8 Å². The second-order valence-electron chi connectivity index (χ2n) is 6.00. The topological polar surface area (TPSA) is 84.5 Å². The molecule has 0 saturated carbocycles. The second kappa shape index (κ2) is 6.88. The third kappa shape index (κ3) is 3.31. The Hall–Kier alpha value is -2.96. The first-order valence-electron chi connectivity index (χ1n) is 8.06. The highest BCUT2D eigenvalue weighted by Crippen LogP contribution is 2.35. The van der Waals surface area contributed by atoms with Crippen LogP contribution < -0.4 is 20.5 Å². The average molecular weight is 341 g/mol. The smallest absolute Gasteiger partial charge is 0.161 e. The molecule has 1 aromatic rings. The number of nitrogens with two attached hydrogens (primary N) is 1. The molecule has 1 aliphatic carbocycles. The Kier molecular flexibility index (Phi) is 4.65. The highest BCUT2D eigenvalue weighted by atomic mass is 16.5. The standard InChI is InChI=1S/C18H23N5O2/c1-11-5-18(23(20-10-19)12(2)21-11)22-15-6-13-8-16(24-3)17(25-4)9-14(13)7-15/h5,8-10,15,22H,2,6-7H2,1,3-4H3,(H2,19,20). The van der Waals surface area contributed by atoms with Gasteiger partial charge >= 0.3 is 0 Å². The van der Waals surface area contributed by atoms with Gasteiger partial charge in [0.15, 0.2) is 11.5 Å². The number of nitrogens with one attached hydrogen (secondary N) is 1. The van der Waals surface area contributed by atoms with Crippen LogP contribution in [0.15, 0.2) is 46.5 Å². The number of hydrazone groups is 1. The average Bonchev–Trinajstić information content (AvgIpc) is 2.97. The van der Waals surface area contributed by atoms with E-state index in [-0.39, 0.29) is 6.04 Å². The van der Waals surface area contributed by atoms with Crippen molar-refractivity contribution in [1.29, 1.82) is 0 Å². The zero-order chi connectivity index (χ0) is 18.0. The fourth-order valence-corrected chi connectivity index (χ4v) is 3.24. The van der Waals surface area contributed by atoms with Crippen LogP contribution in [0.25, 0.3) is 0 Å². The largest absolute Gasteiger partial charge is 0.493 e. The van der Waals surface area contributed by atoms with Gasteiger partial charge in [-0.1, -0.05) is 6.58 Å². The van der Waals surface area contributed by atoms with E-state index in [4.69, 9.17) is 15.2 Å². The normalized spacial score (nSPS) is 17.4. The number of methoxy groups -OCH3 is 2. The van der Waals surface area contributed by atoms with Crippen LogP contribution in [0.5, 0.6) is 11.5 Å². The summed E-state index contributed by atoms with van der Waals surface area (Å²) in [6.07, 6.45) is 4.94. The van der Waals surface area contributed by atoms with Crippen LogP contribution in [0.2, 0.25) is 0 Å². The first-order chi connectivity index (χ1) is 12.0. The Bertz CT molecular complexity index is 749. The fraction of sp³-hybridized carbons (Fsp3) is 0.333. The Morgan fingerprint density at radius 2 is 1.88 bits per heavy atom. The molecule has 3 N–H and O–H groups in total. The summed E-state index contributed by atoms with van der Waals surface area (Å²) in [4.78, 5) is 4.32. The summed E-state index contributed by atoms with van der Waals surface area (Å²) >= 11 is 0. The molecule has 1 aromatic carbocycles. The SMILES string of the molecule is C=C1N=C(C)C=C(NC2Cc3cc(OC)c(OC)cc3C2)N1/N=C\N. The van der Waals surface area contributed by atoms with Crippen LogP contribution in [0.1, 0.15) is 18.1 Å². The number of benzene rings is 1. The van der Waals surface area contributed by atoms with Crippen LogP contribution in [0, 0.1) is 0 Å². The van der Waals surface area contributed by atoms with Gasteiger partial charge in [0.1, 0.15) is 18.0 Å². The third-order valence-electron chi connectivity index (χ3n) is 4.30. The van der Waals surface area contributed by atoms with E-state index in [2.05, 4.69) is 22.0 Å². The van der Waals surface area contributed by atoms with E-state index in [1.54, 1.807) is 19.2 Å². The number of hydrogen-bond donors (Lipinski definition) is 2. The minimum atomic E-state index is 0.229. The molecule has 0 radical (unpaired) electrons. The van der Waals surface area contributed by atoms with Crippen molar-refractivity contribution in [1.82, 2.24) is 10.3 Å². The molecule has 1 heterocycles. The Morgan fingerprint density at radius 3 is 2.40 bits per heavy atom. The van der Waals surface area contributed by atoms with Gasteiger partial charge in [-0.2, -0.15) is 10.1 Å². The molecule has 1 aliphatic heterocycles. The molecule has 25 heavy (non-hydrogen) atoms. The maximum atomic E-state index is 5.45. The maximum Gasteiger partial charge on any atom is 0.161 e. The quantitative estimate of drug-likeness (QED) is 0.630. The monoisotopic (exact) mass is 341 g/mol. The van der Waals surface area contributed by atoms with E-state index >= 15 is 0 Å². The summed E-state index contributed by atoms with van der Waals surface area (Å²) < 4.78 is 10.8. The molecule has 7 nitrogen and oxygen atoms in total. The number of allylic oxidation sites excluding steroid dienone is 1. The lowest BCUT2D eigenvalue weighted by Crippen LogP contribution is -2.37. The lowest BCUT2D eigenvalue weighted by atomic mass is 10.1. The molecule has 132 valence electrons. The van der Waals surface area contributed by atoms with Gasteiger partial charge in [-0.05, 0) is 43.0 Å². The number of fused-ring (bicyclic) bond motifs is 1. The predicted molar refractivity (Wildman–Crippen MR) is 98.7 cm³/mol.